The van der Waals surface area contributed by atoms with Gasteiger partial charge < -0.3 is 4.74 Å². The van der Waals surface area contributed by atoms with Gasteiger partial charge in [-0.05, 0) is 385 Å². The van der Waals surface area contributed by atoms with Crippen LogP contribution in [0.5, 0.6) is 0 Å². The lowest BCUT2D eigenvalue weighted by Crippen LogP contribution is -2.58. The average molecular weight is 1770 g/mol. The van der Waals surface area contributed by atoms with E-state index in [-0.39, 0.29) is 5.54 Å². The molecule has 13 fully saturated rings. The highest BCUT2D eigenvalue weighted by atomic mass is 32.2. The Labute approximate surface area is 789 Å². The number of hydrogen-bond donors (Lipinski definition) is 0. The lowest BCUT2D eigenvalue weighted by atomic mass is 9.86. The van der Waals surface area contributed by atoms with E-state index in [2.05, 4.69) is 405 Å². The van der Waals surface area contributed by atoms with Crippen LogP contribution in [-0.4, -0.2) is 242 Å². The number of likely N-dealkylation sites (tertiary alicyclic amines) is 7. The van der Waals surface area contributed by atoms with Gasteiger partial charge in [-0.25, -0.2) is 0 Å². The molecule has 125 heavy (non-hydrogen) atoms. The summed E-state index contributed by atoms with van der Waals surface area (Å²) in [6, 6.07) is 11.3. The van der Waals surface area contributed by atoms with E-state index in [9.17, 15) is 0 Å². The first kappa shape index (κ1) is 115. The van der Waals surface area contributed by atoms with Gasteiger partial charge in [0.05, 0.1) is 13.3 Å². The Morgan fingerprint density at radius 2 is 0.760 bits per heavy atom. The van der Waals surface area contributed by atoms with Crippen molar-refractivity contribution in [2.24, 2.45) is 94.7 Å². The van der Waals surface area contributed by atoms with Crippen molar-refractivity contribution in [3.63, 3.8) is 0 Å². The number of ether oxygens (including phenoxy) is 1. The van der Waals surface area contributed by atoms with Crippen LogP contribution in [0.2, 0.25) is 0 Å². The van der Waals surface area contributed by atoms with E-state index in [0.717, 1.165) is 181 Å². The van der Waals surface area contributed by atoms with E-state index in [4.69, 9.17) is 4.74 Å². The van der Waals surface area contributed by atoms with E-state index in [1.807, 2.05) is 0 Å². The summed E-state index contributed by atoms with van der Waals surface area (Å²) in [7, 11) is 0. The molecule has 0 N–H and O–H groups in total. The normalized spacial score (nSPS) is 32.1. The Morgan fingerprint density at radius 1 is 0.304 bits per heavy atom. The van der Waals surface area contributed by atoms with Crippen LogP contribution in [0, 0.1) is 94.7 Å². The van der Waals surface area contributed by atoms with Gasteiger partial charge in [-0.2, -0.15) is 0 Å². The van der Waals surface area contributed by atoms with Crippen molar-refractivity contribution >= 4 is 11.8 Å². The van der Waals surface area contributed by atoms with Gasteiger partial charge in [0.1, 0.15) is 0 Å². The first-order valence-corrected chi connectivity index (χ1v) is 54.8. The first-order valence-electron chi connectivity index (χ1n) is 53.6. The Bertz CT molecular complexity index is 2870. The molecule has 4 saturated carbocycles. The van der Waals surface area contributed by atoms with Crippen molar-refractivity contribution in [2.75, 3.05) is 64.2 Å². The zero-order valence-corrected chi connectivity index (χ0v) is 94.3. The molecule has 2 bridgehead atoms. The molecular weight excluding hydrogens is 1550 g/mol. The first-order chi connectivity index (χ1) is 57.1. The highest BCUT2D eigenvalue weighted by Crippen LogP contribution is 2.55. The standard InChI is InChI=1S/C14H27N.C13H25N.C12H23N.C11H21N.C11H23N.C11H21N.C11H23N.C10H21NO.C10H21NS.C10H21N/c1-10(2)13-9-11-7-6-8-12(11)15(13)14(3,4)5;1-9(2)12-10-6-7-11(8-10)14(12)13(3,4)5;1-8(2)11-10-6-9(10)7-13(11)12(3,4)5;1-7(2)11-10-5-9(10)6-12(11)8(3)4;2*1-9(2)10-7-6-8-12(10)11(3,4)5;1-9(2)11-7-5-6-8-12(11)10(3)4;2*1-8(2)9-6-12-7-11(9)10(3,4)5;1-8(2)9-6-7-11(9)10(3,4)5/h10-13H,6-9H2,1-5H3;9-12H,6-8H2,1-5H3;8-11H,6-7H2,1-5H3;7-11H,5-6H2,1-4H3;9-10H,6-8H2,1-5H3;6-7,9-10H,8H2,1-5H3;9-11H,5-8H2,1-4H3;2*8-9H,6-7H2,1-5H3;8-9H,6-7H2,1-5H3/t;;;9-,10-,11+;;;;;;/m...0....../s1. The van der Waals surface area contributed by atoms with E-state index in [1.54, 1.807) is 0 Å². The summed E-state index contributed by atoms with van der Waals surface area (Å²) in [5.74, 6) is 16.7. The number of fused-ring (bicyclic) bond motifs is 5. The zero-order chi connectivity index (χ0) is 95.6. The molecule has 10 heterocycles. The van der Waals surface area contributed by atoms with E-state index < -0.39 is 0 Å². The van der Waals surface area contributed by atoms with Gasteiger partial charge in [-0.1, -0.05) is 163 Å². The minimum Gasteiger partial charge on any atom is -0.364 e. The van der Waals surface area contributed by atoms with Gasteiger partial charge in [-0.3, -0.25) is 49.0 Å². The van der Waals surface area contributed by atoms with Gasteiger partial charge in [-0.15, -0.1) is 11.8 Å². The lowest BCUT2D eigenvalue weighted by Gasteiger charge is -2.51. The predicted octanol–water partition coefficient (Wildman–Crippen LogP) is 28.0. The molecule has 0 amide bonds. The summed E-state index contributed by atoms with van der Waals surface area (Å²) in [4.78, 5) is 26.7. The SMILES string of the molecule is CC(C)C1C2CC2CN1C(C)(C)C.CC(C)C1C2CCC(C2)N1C(C)(C)C.CC(C)C1C=CCN1C(C)(C)C.CC(C)C1CC2CCCC2N1C(C)(C)C.CC(C)C1CCCCN1C(C)C.CC(C)C1CCCN1C(C)(C)C.CC(C)C1CCN1C(C)(C)C.CC(C)C1COCN1C(C)(C)C.CC(C)C1CSCN1C(C)(C)C.CC(C)[C@@H]1[C@H]2C[C@H]2CN1C(C)C. The molecule has 18 atom stereocenters. The lowest BCUT2D eigenvalue weighted by molar-refractivity contribution is -0.0218. The molecule has 11 nitrogen and oxygen atoms in total. The van der Waals surface area contributed by atoms with Gasteiger partial charge in [0.2, 0.25) is 0 Å². The Balaban J connectivity index is 0.000000247. The van der Waals surface area contributed by atoms with E-state index in [1.165, 1.54) is 141 Å². The highest BCUT2D eigenvalue weighted by Gasteiger charge is 2.57. The summed E-state index contributed by atoms with van der Waals surface area (Å²) in [5, 5.41) is 0. The maximum absolute atomic E-state index is 5.48. The van der Waals surface area contributed by atoms with Crippen molar-refractivity contribution < 1.29 is 4.74 Å². The molecule has 0 radical (unpaired) electrons. The number of nitrogens with zero attached hydrogens (tertiary/aromatic N) is 10. The van der Waals surface area contributed by atoms with Crippen LogP contribution in [0.3, 0.4) is 0 Å². The summed E-state index contributed by atoms with van der Waals surface area (Å²) in [6.07, 6.45) is 26.4. The maximum atomic E-state index is 5.48. The van der Waals surface area contributed by atoms with Crippen LogP contribution >= 0.6 is 11.8 Å². The molecule has 15 unspecified atom stereocenters. The summed E-state index contributed by atoms with van der Waals surface area (Å²) < 4.78 is 5.48. The zero-order valence-electron chi connectivity index (χ0n) is 93.4. The third-order valence-electron chi connectivity index (χ3n) is 32.2. The van der Waals surface area contributed by atoms with Gasteiger partial charge in [0.25, 0.3) is 0 Å². The van der Waals surface area contributed by atoms with Crippen molar-refractivity contribution in [1.82, 2.24) is 49.0 Å². The number of piperidine rings is 4. The van der Waals surface area contributed by atoms with Gasteiger partial charge in [0.15, 0.2) is 0 Å². The highest BCUT2D eigenvalue weighted by molar-refractivity contribution is 7.99. The molecule has 14 aliphatic rings. The fourth-order valence-corrected chi connectivity index (χ4v) is 27.4. The molecule has 12 heteroatoms. The number of rotatable bonds is 12. The quantitative estimate of drug-likeness (QED) is 0.175. The van der Waals surface area contributed by atoms with Gasteiger partial charge in [0, 0.05) is 167 Å². The average Bonchev–Trinajstić information content (AvgIpc) is 1.58. The summed E-state index contributed by atoms with van der Waals surface area (Å²) in [6.45, 7) is 121. The van der Waals surface area contributed by atoms with Crippen LogP contribution in [0.15, 0.2) is 12.2 Å². The van der Waals surface area contributed by atoms with Crippen molar-refractivity contribution in [3.05, 3.63) is 12.2 Å². The minimum absolute atomic E-state index is 0.242. The van der Waals surface area contributed by atoms with Crippen molar-refractivity contribution in [3.8, 4) is 0 Å². The molecule has 0 aromatic carbocycles. The third kappa shape index (κ3) is 33.2. The smallest absolute Gasteiger partial charge is 0.0998 e. The van der Waals surface area contributed by atoms with Crippen molar-refractivity contribution in [1.29, 1.82) is 0 Å². The minimum atomic E-state index is 0.242. The maximum Gasteiger partial charge on any atom is 0.0998 e. The Morgan fingerprint density at radius 3 is 1.12 bits per heavy atom. The fraction of sp³-hybridized carbons (Fsp3) is 0.982. The molecule has 14 rings (SSSR count). The molecule has 0 aromatic rings. The van der Waals surface area contributed by atoms with E-state index >= 15 is 0 Å². The van der Waals surface area contributed by atoms with Gasteiger partial charge >= 0.3 is 0 Å². The largest absolute Gasteiger partial charge is 0.364 e. The predicted molar refractivity (Wildman–Crippen MR) is 557 cm³/mol. The van der Waals surface area contributed by atoms with Crippen LogP contribution in [0.25, 0.3) is 0 Å². The van der Waals surface area contributed by atoms with Crippen LogP contribution in [0.4, 0.5) is 0 Å². The fourth-order valence-electron chi connectivity index (χ4n) is 25.7. The topological polar surface area (TPSA) is 41.6 Å². The number of hydrogen-bond acceptors (Lipinski definition) is 12. The van der Waals surface area contributed by atoms with E-state index in [0.29, 0.717) is 56.8 Å². The number of thioether (sulfide) groups is 1. The Hall–Kier alpha value is -0.350. The molecule has 0 spiro atoms. The van der Waals surface area contributed by atoms with Crippen LogP contribution < -0.4 is 0 Å². The molecule has 740 valence electrons. The molecule has 9 saturated heterocycles. The second-order valence-electron chi connectivity index (χ2n) is 54.6. The van der Waals surface area contributed by atoms with Crippen LogP contribution in [-0.2, 0) is 4.74 Å². The second-order valence-corrected chi connectivity index (χ2v) is 55.6. The van der Waals surface area contributed by atoms with Crippen LogP contribution in [0.1, 0.15) is 429 Å². The molecular formula is C113H226N10OS. The third-order valence-corrected chi connectivity index (χ3v) is 33.2. The molecule has 10 aliphatic heterocycles. The summed E-state index contributed by atoms with van der Waals surface area (Å²) >= 11 is 2.07. The van der Waals surface area contributed by atoms with Crippen molar-refractivity contribution in [2.45, 2.75) is 558 Å². The summed E-state index contributed by atoms with van der Waals surface area (Å²) in [5.41, 5.74) is 2.75. The molecule has 4 aliphatic carbocycles. The second kappa shape index (κ2) is 48.1. The molecule has 0 aromatic heterocycles. The Kier molecular flexibility index (Phi) is 44.3. The monoisotopic (exact) mass is 1770 g/mol.